The van der Waals surface area contributed by atoms with Crippen LogP contribution in [0, 0.1) is 20.2 Å². The summed E-state index contributed by atoms with van der Waals surface area (Å²) in [5.74, 6) is -0.362. The van der Waals surface area contributed by atoms with Gasteiger partial charge in [0.15, 0.2) is 0 Å². The number of nitro groups is 2. The summed E-state index contributed by atoms with van der Waals surface area (Å²) in [6.45, 7) is 3.29. The van der Waals surface area contributed by atoms with Crippen molar-refractivity contribution in [1.29, 1.82) is 0 Å². The lowest BCUT2D eigenvalue weighted by molar-refractivity contribution is -0.393. The van der Waals surface area contributed by atoms with Crippen LogP contribution in [-0.4, -0.2) is 28.1 Å². The lowest BCUT2D eigenvalue weighted by Gasteiger charge is -2.05. The van der Waals surface area contributed by atoms with Gasteiger partial charge in [0.25, 0.3) is 5.69 Å². The Morgan fingerprint density at radius 1 is 1.26 bits per heavy atom. The fourth-order valence-corrected chi connectivity index (χ4v) is 1.63. The number of esters is 1. The molecule has 23 heavy (non-hydrogen) atoms. The number of nitrogens with zero attached hydrogens (tertiary/aromatic N) is 3. The van der Waals surface area contributed by atoms with E-state index in [1.165, 1.54) is 13.0 Å². The van der Waals surface area contributed by atoms with Gasteiger partial charge in [-0.3, -0.25) is 30.4 Å². The molecule has 0 amide bonds. The van der Waals surface area contributed by atoms with Crippen LogP contribution in [0.5, 0.6) is 0 Å². The van der Waals surface area contributed by atoms with Crippen LogP contribution < -0.4 is 5.43 Å². The van der Waals surface area contributed by atoms with Crippen molar-refractivity contribution in [1.82, 2.24) is 0 Å². The van der Waals surface area contributed by atoms with E-state index in [9.17, 15) is 25.0 Å². The normalized spacial score (nSPS) is 11.0. The number of ether oxygens (including phenoxy) is 1. The molecular weight excluding hydrogens is 308 g/mol. The smallest absolute Gasteiger partial charge is 0.302 e. The predicted octanol–water partition coefficient (Wildman–Crippen LogP) is 2.63. The highest BCUT2D eigenvalue weighted by Crippen LogP contribution is 2.28. The molecule has 0 atom stereocenters. The van der Waals surface area contributed by atoms with Gasteiger partial charge < -0.3 is 4.74 Å². The van der Waals surface area contributed by atoms with Gasteiger partial charge in [0.1, 0.15) is 5.69 Å². The SMILES string of the molecule is CC(=O)OCCC/C(C)=N\Nc1ccc([N+](=O)[O-])cc1[N+](=O)[O-]. The molecule has 0 aliphatic rings. The van der Waals surface area contributed by atoms with Crippen molar-refractivity contribution in [2.75, 3.05) is 12.0 Å². The van der Waals surface area contributed by atoms with Crippen LogP contribution in [0.2, 0.25) is 0 Å². The summed E-state index contributed by atoms with van der Waals surface area (Å²) >= 11 is 0. The molecule has 0 unspecified atom stereocenters. The first-order valence-electron chi connectivity index (χ1n) is 6.66. The highest BCUT2D eigenvalue weighted by molar-refractivity contribution is 5.83. The molecule has 10 heteroatoms. The average molecular weight is 324 g/mol. The number of carbonyl (C=O) groups excluding carboxylic acids is 1. The van der Waals surface area contributed by atoms with Gasteiger partial charge in [-0.2, -0.15) is 5.10 Å². The molecule has 0 saturated heterocycles. The van der Waals surface area contributed by atoms with Crippen molar-refractivity contribution in [2.24, 2.45) is 5.10 Å². The molecule has 0 heterocycles. The maximum Gasteiger partial charge on any atom is 0.302 e. The molecule has 0 aliphatic carbocycles. The molecule has 1 N–H and O–H groups in total. The molecule has 1 aromatic rings. The monoisotopic (exact) mass is 324 g/mol. The zero-order valence-electron chi connectivity index (χ0n) is 12.6. The van der Waals surface area contributed by atoms with Gasteiger partial charge in [0, 0.05) is 18.7 Å². The zero-order chi connectivity index (χ0) is 17.4. The van der Waals surface area contributed by atoms with E-state index in [1.54, 1.807) is 6.92 Å². The fraction of sp³-hybridized carbons (Fsp3) is 0.385. The van der Waals surface area contributed by atoms with Gasteiger partial charge in [0.2, 0.25) is 0 Å². The summed E-state index contributed by atoms with van der Waals surface area (Å²) in [7, 11) is 0. The number of carbonyl (C=O) groups is 1. The molecule has 1 aromatic carbocycles. The molecule has 0 aliphatic heterocycles. The van der Waals surface area contributed by atoms with Crippen molar-refractivity contribution >= 4 is 28.7 Å². The standard InChI is InChI=1S/C13H16N4O6/c1-9(4-3-7-23-10(2)18)14-15-12-6-5-11(16(19)20)8-13(12)17(21)22/h5-6,8,15H,3-4,7H2,1-2H3/b14-9-. The Hall–Kier alpha value is -3.04. The lowest BCUT2D eigenvalue weighted by Crippen LogP contribution is -2.04. The van der Waals surface area contributed by atoms with E-state index in [1.807, 2.05) is 0 Å². The maximum absolute atomic E-state index is 11.0. The van der Waals surface area contributed by atoms with Crippen molar-refractivity contribution in [2.45, 2.75) is 26.7 Å². The predicted molar refractivity (Wildman–Crippen MR) is 82.3 cm³/mol. The lowest BCUT2D eigenvalue weighted by atomic mass is 10.2. The van der Waals surface area contributed by atoms with Gasteiger partial charge >= 0.3 is 11.7 Å². The molecule has 0 radical (unpaired) electrons. The number of non-ortho nitro benzene ring substituents is 1. The molecule has 0 fully saturated rings. The quantitative estimate of drug-likeness (QED) is 0.255. The molecule has 1 rings (SSSR count). The molecule has 0 aromatic heterocycles. The minimum absolute atomic E-state index is 0.0555. The van der Waals surface area contributed by atoms with E-state index < -0.39 is 15.5 Å². The van der Waals surface area contributed by atoms with E-state index in [2.05, 4.69) is 10.5 Å². The number of rotatable bonds is 8. The summed E-state index contributed by atoms with van der Waals surface area (Å²) in [4.78, 5) is 30.8. The summed E-state index contributed by atoms with van der Waals surface area (Å²) in [5, 5.41) is 25.6. The van der Waals surface area contributed by atoms with Gasteiger partial charge in [-0.05, 0) is 25.8 Å². The Bertz CT molecular complexity index is 643. The van der Waals surface area contributed by atoms with Crippen LogP contribution in [0.4, 0.5) is 17.1 Å². The second-order valence-corrected chi connectivity index (χ2v) is 4.62. The van der Waals surface area contributed by atoms with Gasteiger partial charge in [0.05, 0.1) is 22.5 Å². The summed E-state index contributed by atoms with van der Waals surface area (Å²) in [5.41, 5.74) is 2.42. The first-order valence-corrected chi connectivity index (χ1v) is 6.66. The van der Waals surface area contributed by atoms with E-state index in [0.29, 0.717) is 18.6 Å². The Labute approximate surface area is 131 Å². The van der Waals surface area contributed by atoms with Crippen molar-refractivity contribution in [3.05, 3.63) is 38.4 Å². The Morgan fingerprint density at radius 3 is 2.52 bits per heavy atom. The van der Waals surface area contributed by atoms with Crippen LogP contribution in [0.25, 0.3) is 0 Å². The second kappa shape index (κ2) is 8.41. The molecule has 0 bridgehead atoms. The van der Waals surface area contributed by atoms with E-state index in [4.69, 9.17) is 4.74 Å². The van der Waals surface area contributed by atoms with E-state index >= 15 is 0 Å². The van der Waals surface area contributed by atoms with Crippen molar-refractivity contribution < 1.29 is 19.4 Å². The number of anilines is 1. The molecular formula is C13H16N4O6. The topological polar surface area (TPSA) is 137 Å². The summed E-state index contributed by atoms with van der Waals surface area (Å²) < 4.78 is 4.77. The Balaban J connectivity index is 2.72. The number of hydrazone groups is 1. The van der Waals surface area contributed by atoms with Gasteiger partial charge in [-0.25, -0.2) is 0 Å². The third-order valence-corrected chi connectivity index (χ3v) is 2.74. The van der Waals surface area contributed by atoms with Crippen LogP contribution in [0.1, 0.15) is 26.7 Å². The number of nitrogens with one attached hydrogen (secondary N) is 1. The minimum atomic E-state index is -0.721. The third-order valence-electron chi connectivity index (χ3n) is 2.74. The molecule has 0 saturated carbocycles. The molecule has 10 nitrogen and oxygen atoms in total. The first-order chi connectivity index (χ1) is 10.8. The minimum Gasteiger partial charge on any atom is -0.466 e. The first kappa shape index (κ1) is 18.0. The Morgan fingerprint density at radius 2 is 1.96 bits per heavy atom. The largest absolute Gasteiger partial charge is 0.466 e. The number of hydrogen-bond acceptors (Lipinski definition) is 8. The second-order valence-electron chi connectivity index (χ2n) is 4.62. The van der Waals surface area contributed by atoms with Crippen LogP contribution in [0.15, 0.2) is 23.3 Å². The number of nitro benzene ring substituents is 2. The van der Waals surface area contributed by atoms with Crippen LogP contribution in [-0.2, 0) is 9.53 Å². The molecule has 124 valence electrons. The van der Waals surface area contributed by atoms with Gasteiger partial charge in [-0.1, -0.05) is 0 Å². The van der Waals surface area contributed by atoms with Crippen LogP contribution in [0.3, 0.4) is 0 Å². The summed E-state index contributed by atoms with van der Waals surface area (Å²) in [6.07, 6.45) is 1.10. The van der Waals surface area contributed by atoms with Crippen LogP contribution >= 0.6 is 0 Å². The highest BCUT2D eigenvalue weighted by Gasteiger charge is 2.19. The Kier molecular flexibility index (Phi) is 6.59. The third kappa shape index (κ3) is 6.08. The molecule has 0 spiro atoms. The van der Waals surface area contributed by atoms with Gasteiger partial charge in [-0.15, -0.1) is 0 Å². The number of benzene rings is 1. The van der Waals surface area contributed by atoms with Crippen molar-refractivity contribution in [3.63, 3.8) is 0 Å². The zero-order valence-corrected chi connectivity index (χ0v) is 12.6. The van der Waals surface area contributed by atoms with Crippen molar-refractivity contribution in [3.8, 4) is 0 Å². The highest BCUT2D eigenvalue weighted by atomic mass is 16.6. The summed E-state index contributed by atoms with van der Waals surface area (Å²) in [6, 6.07) is 3.25. The number of hydrogen-bond donors (Lipinski definition) is 1. The average Bonchev–Trinajstić information content (AvgIpc) is 2.48. The van der Waals surface area contributed by atoms with E-state index in [-0.39, 0.29) is 24.0 Å². The maximum atomic E-state index is 11.0. The fourth-order valence-electron chi connectivity index (χ4n) is 1.63. The van der Waals surface area contributed by atoms with E-state index in [0.717, 1.165) is 12.1 Å².